The number of benzene rings is 1. The van der Waals surface area contributed by atoms with Crippen LogP contribution in [0.3, 0.4) is 0 Å². The van der Waals surface area contributed by atoms with Crippen molar-refractivity contribution in [2.24, 2.45) is 0 Å². The Morgan fingerprint density at radius 1 is 1.35 bits per heavy atom. The number of amides is 1. The van der Waals surface area contributed by atoms with E-state index in [-0.39, 0.29) is 21.0 Å². The molecule has 0 radical (unpaired) electrons. The van der Waals surface area contributed by atoms with Gasteiger partial charge in [-0.05, 0) is 19.1 Å². The largest absolute Gasteiger partial charge is 0.383 e. The van der Waals surface area contributed by atoms with Gasteiger partial charge in [-0.1, -0.05) is 29.3 Å². The molecule has 0 saturated carbocycles. The standard InChI is InChI=1S/C12H15Cl2NO4S/c1-8(6-19-2)15-11(16)7-20(17,18)12-9(13)4-3-5-10(12)14/h3-5,8H,6-7H2,1-2H3,(H,15,16)/t8-/m1/s1. The number of carbonyl (C=O) groups is 1. The lowest BCUT2D eigenvalue weighted by Crippen LogP contribution is -2.39. The number of rotatable bonds is 6. The second-order valence-corrected chi connectivity index (χ2v) is 6.97. The zero-order valence-corrected chi connectivity index (χ0v) is 13.3. The summed E-state index contributed by atoms with van der Waals surface area (Å²) in [6.45, 7) is 2.00. The molecule has 1 atom stereocenters. The summed E-state index contributed by atoms with van der Waals surface area (Å²) < 4.78 is 29.2. The molecule has 1 aromatic rings. The van der Waals surface area contributed by atoms with Crippen LogP contribution in [0.2, 0.25) is 10.0 Å². The molecule has 0 aromatic heterocycles. The summed E-state index contributed by atoms with van der Waals surface area (Å²) in [5.74, 6) is -1.35. The molecule has 0 spiro atoms. The summed E-state index contributed by atoms with van der Waals surface area (Å²) in [5, 5.41) is 2.51. The highest BCUT2D eigenvalue weighted by molar-refractivity contribution is 7.92. The van der Waals surface area contributed by atoms with Gasteiger partial charge in [-0.25, -0.2) is 8.42 Å². The number of nitrogens with one attached hydrogen (secondary N) is 1. The minimum Gasteiger partial charge on any atom is -0.383 e. The third kappa shape index (κ3) is 4.63. The zero-order chi connectivity index (χ0) is 15.3. The summed E-state index contributed by atoms with van der Waals surface area (Å²) in [7, 11) is -2.41. The first kappa shape index (κ1) is 17.2. The number of halogens is 2. The average molecular weight is 340 g/mol. The maximum atomic E-state index is 12.2. The fourth-order valence-corrected chi connectivity index (χ4v) is 4.04. The topological polar surface area (TPSA) is 72.5 Å². The molecule has 5 nitrogen and oxygen atoms in total. The molecule has 8 heteroatoms. The van der Waals surface area contributed by atoms with E-state index >= 15 is 0 Å². The zero-order valence-electron chi connectivity index (χ0n) is 11.0. The number of sulfone groups is 1. The monoisotopic (exact) mass is 339 g/mol. The molecule has 1 amide bonds. The Balaban J connectivity index is 2.88. The van der Waals surface area contributed by atoms with E-state index in [0.29, 0.717) is 6.61 Å². The number of hydrogen-bond donors (Lipinski definition) is 1. The molecule has 0 fully saturated rings. The van der Waals surface area contributed by atoms with Crippen molar-refractivity contribution in [1.29, 1.82) is 0 Å². The molecule has 0 unspecified atom stereocenters. The van der Waals surface area contributed by atoms with Gasteiger partial charge in [-0.2, -0.15) is 0 Å². The van der Waals surface area contributed by atoms with E-state index in [9.17, 15) is 13.2 Å². The van der Waals surface area contributed by atoms with Crippen LogP contribution in [0.4, 0.5) is 0 Å². The van der Waals surface area contributed by atoms with E-state index in [1.807, 2.05) is 0 Å². The molecule has 0 bridgehead atoms. The predicted molar refractivity (Wildman–Crippen MR) is 78.0 cm³/mol. The Kier molecular flexibility index (Phi) is 6.26. The Labute approximate surface area is 128 Å². The maximum Gasteiger partial charge on any atom is 0.235 e. The smallest absolute Gasteiger partial charge is 0.235 e. The first-order chi connectivity index (χ1) is 9.27. The number of carbonyl (C=O) groups excluding carboxylic acids is 1. The Bertz CT molecular complexity index is 569. The fraction of sp³-hybridized carbons (Fsp3) is 0.417. The van der Waals surface area contributed by atoms with Crippen LogP contribution in [0, 0.1) is 0 Å². The second kappa shape index (κ2) is 7.26. The molecule has 0 aliphatic rings. The third-order valence-corrected chi connectivity index (χ3v) is 4.93. The molecule has 0 aliphatic heterocycles. The average Bonchev–Trinajstić information content (AvgIpc) is 2.26. The van der Waals surface area contributed by atoms with Crippen LogP contribution in [0.1, 0.15) is 6.92 Å². The van der Waals surface area contributed by atoms with Gasteiger partial charge in [-0.15, -0.1) is 0 Å². The molecular formula is C12H15Cl2NO4S. The highest BCUT2D eigenvalue weighted by Gasteiger charge is 2.25. The van der Waals surface area contributed by atoms with Crippen molar-refractivity contribution in [1.82, 2.24) is 5.32 Å². The minimum atomic E-state index is -3.90. The quantitative estimate of drug-likeness (QED) is 0.859. The number of ether oxygens (including phenoxy) is 1. The Morgan fingerprint density at radius 3 is 2.40 bits per heavy atom. The van der Waals surface area contributed by atoms with Crippen molar-refractivity contribution in [2.45, 2.75) is 17.9 Å². The van der Waals surface area contributed by atoms with Crippen LogP contribution in [-0.2, 0) is 19.4 Å². The van der Waals surface area contributed by atoms with Gasteiger partial charge in [0, 0.05) is 13.2 Å². The van der Waals surface area contributed by atoms with Crippen molar-refractivity contribution >= 4 is 38.9 Å². The van der Waals surface area contributed by atoms with E-state index in [2.05, 4.69) is 5.32 Å². The van der Waals surface area contributed by atoms with Gasteiger partial charge in [0.2, 0.25) is 5.91 Å². The minimum absolute atomic E-state index is 0.00441. The van der Waals surface area contributed by atoms with E-state index in [1.54, 1.807) is 6.92 Å². The van der Waals surface area contributed by atoms with E-state index in [0.717, 1.165) is 0 Å². The van der Waals surface area contributed by atoms with Crippen LogP contribution in [0.5, 0.6) is 0 Å². The summed E-state index contributed by atoms with van der Waals surface area (Å²) in [6.07, 6.45) is 0. The van der Waals surface area contributed by atoms with Crippen LogP contribution in [0.25, 0.3) is 0 Å². The summed E-state index contributed by atoms with van der Waals surface area (Å²) in [5.41, 5.74) is 0. The Hall–Kier alpha value is -0.820. The molecule has 0 heterocycles. The van der Waals surface area contributed by atoms with Gasteiger partial charge in [0.15, 0.2) is 9.84 Å². The normalized spacial score (nSPS) is 13.0. The molecule has 0 aliphatic carbocycles. The van der Waals surface area contributed by atoms with E-state index in [4.69, 9.17) is 27.9 Å². The molecule has 112 valence electrons. The van der Waals surface area contributed by atoms with Crippen LogP contribution >= 0.6 is 23.2 Å². The van der Waals surface area contributed by atoms with Crippen molar-refractivity contribution in [3.05, 3.63) is 28.2 Å². The summed E-state index contributed by atoms with van der Waals surface area (Å²) in [6, 6.07) is 4.06. The van der Waals surface area contributed by atoms with Gasteiger partial charge in [0.25, 0.3) is 0 Å². The SMILES string of the molecule is COC[C@@H](C)NC(=O)CS(=O)(=O)c1c(Cl)cccc1Cl. The van der Waals surface area contributed by atoms with Gasteiger partial charge in [0.05, 0.1) is 16.7 Å². The van der Waals surface area contributed by atoms with Crippen LogP contribution in [0.15, 0.2) is 23.1 Å². The van der Waals surface area contributed by atoms with Crippen molar-refractivity contribution in [3.63, 3.8) is 0 Å². The molecule has 0 saturated heterocycles. The molecule has 1 N–H and O–H groups in total. The predicted octanol–water partition coefficient (Wildman–Crippen LogP) is 1.92. The highest BCUT2D eigenvalue weighted by atomic mass is 35.5. The Morgan fingerprint density at radius 2 is 1.90 bits per heavy atom. The number of methoxy groups -OCH3 is 1. The van der Waals surface area contributed by atoms with Gasteiger partial charge < -0.3 is 10.1 Å². The summed E-state index contributed by atoms with van der Waals surface area (Å²) >= 11 is 11.7. The third-order valence-electron chi connectivity index (χ3n) is 2.38. The number of hydrogen-bond acceptors (Lipinski definition) is 4. The lowest BCUT2D eigenvalue weighted by atomic mass is 10.3. The maximum absolute atomic E-state index is 12.2. The van der Waals surface area contributed by atoms with Crippen LogP contribution < -0.4 is 5.32 Å². The van der Waals surface area contributed by atoms with Crippen LogP contribution in [-0.4, -0.2) is 39.8 Å². The van der Waals surface area contributed by atoms with E-state index in [1.165, 1.54) is 25.3 Å². The van der Waals surface area contributed by atoms with Crippen molar-refractivity contribution in [2.75, 3.05) is 19.5 Å². The first-order valence-corrected chi connectivity index (χ1v) is 8.14. The lowest BCUT2D eigenvalue weighted by molar-refractivity contribution is -0.119. The lowest BCUT2D eigenvalue weighted by Gasteiger charge is -2.13. The van der Waals surface area contributed by atoms with Crippen molar-refractivity contribution in [3.8, 4) is 0 Å². The molecule has 1 aromatic carbocycles. The molecule has 1 rings (SSSR count). The van der Waals surface area contributed by atoms with Gasteiger partial charge in [-0.3, -0.25) is 4.79 Å². The van der Waals surface area contributed by atoms with Gasteiger partial charge >= 0.3 is 0 Å². The van der Waals surface area contributed by atoms with E-state index < -0.39 is 21.5 Å². The highest BCUT2D eigenvalue weighted by Crippen LogP contribution is 2.29. The molecular weight excluding hydrogens is 325 g/mol. The first-order valence-electron chi connectivity index (χ1n) is 5.73. The summed E-state index contributed by atoms with van der Waals surface area (Å²) in [4.78, 5) is 11.5. The van der Waals surface area contributed by atoms with Gasteiger partial charge in [0.1, 0.15) is 10.6 Å². The van der Waals surface area contributed by atoms with Crippen molar-refractivity contribution < 1.29 is 17.9 Å². The second-order valence-electron chi connectivity index (χ2n) is 4.23. The molecule has 20 heavy (non-hydrogen) atoms. The fourth-order valence-electron chi connectivity index (χ4n) is 1.63.